The van der Waals surface area contributed by atoms with Crippen LogP contribution in [-0.4, -0.2) is 42.2 Å². The second-order valence-electron chi connectivity index (χ2n) is 5.53. The normalized spacial score (nSPS) is 15.5. The number of carbonyl (C=O) groups is 1. The van der Waals surface area contributed by atoms with Crippen LogP contribution < -0.4 is 4.74 Å². The number of aliphatic carboxylic acids is 1. The van der Waals surface area contributed by atoms with Crippen LogP contribution in [0.5, 0.6) is 5.75 Å². The van der Waals surface area contributed by atoms with Crippen LogP contribution in [0.3, 0.4) is 0 Å². The molecule has 4 nitrogen and oxygen atoms in total. The number of hydrogen-bond donors (Lipinski definition) is 1. The van der Waals surface area contributed by atoms with Crippen molar-refractivity contribution in [2.45, 2.75) is 25.7 Å². The van der Waals surface area contributed by atoms with Crippen molar-refractivity contribution < 1.29 is 14.6 Å². The molecule has 0 spiro atoms. The Morgan fingerprint density at radius 1 is 1.32 bits per heavy atom. The molecule has 0 bridgehead atoms. The quantitative estimate of drug-likeness (QED) is 0.588. The minimum atomic E-state index is -1.03. The van der Waals surface area contributed by atoms with E-state index >= 15 is 0 Å². The molecule has 1 N–H and O–H groups in total. The number of ether oxygens (including phenoxy) is 1. The first-order valence-electron chi connectivity index (χ1n) is 7.65. The van der Waals surface area contributed by atoms with E-state index in [4.69, 9.17) is 9.84 Å². The maximum absolute atomic E-state index is 11.0. The van der Waals surface area contributed by atoms with E-state index < -0.39 is 5.97 Å². The lowest BCUT2D eigenvalue weighted by atomic mass is 10.1. The van der Waals surface area contributed by atoms with Crippen LogP contribution in [0.1, 0.15) is 31.2 Å². The monoisotopic (exact) mass is 367 g/mol. The van der Waals surface area contributed by atoms with Gasteiger partial charge in [-0.25, -0.2) is 4.79 Å². The second kappa shape index (κ2) is 8.34. The van der Waals surface area contributed by atoms with Crippen molar-refractivity contribution in [3.63, 3.8) is 0 Å². The van der Waals surface area contributed by atoms with E-state index in [1.165, 1.54) is 32.4 Å². The van der Waals surface area contributed by atoms with Crippen LogP contribution in [0.2, 0.25) is 0 Å². The van der Waals surface area contributed by atoms with E-state index in [1.54, 1.807) is 12.1 Å². The number of carboxylic acids is 1. The minimum absolute atomic E-state index is 0.0608. The van der Waals surface area contributed by atoms with E-state index in [9.17, 15) is 4.79 Å². The lowest BCUT2D eigenvalue weighted by molar-refractivity contribution is -0.130. The summed E-state index contributed by atoms with van der Waals surface area (Å²) in [6, 6.07) is 5.36. The Morgan fingerprint density at radius 2 is 2.05 bits per heavy atom. The van der Waals surface area contributed by atoms with Gasteiger partial charge in [0.1, 0.15) is 5.75 Å². The molecular formula is C17H22BrNO3. The predicted molar refractivity (Wildman–Crippen MR) is 91.2 cm³/mol. The predicted octanol–water partition coefficient (Wildman–Crippen LogP) is 3.80. The first-order valence-corrected chi connectivity index (χ1v) is 8.44. The zero-order chi connectivity index (χ0) is 15.9. The molecule has 1 saturated heterocycles. The number of rotatable bonds is 7. The molecule has 0 aliphatic carbocycles. The molecule has 2 rings (SSSR count). The van der Waals surface area contributed by atoms with E-state index in [-0.39, 0.29) is 5.57 Å². The maximum Gasteiger partial charge on any atom is 0.335 e. The number of halogens is 1. The molecule has 0 saturated carbocycles. The standard InChI is InChI=1S/C17H22BrNO3/c1-13(17(20)21)15-12-14(6-7-16(15)18)22-11-5-10-19-8-3-2-4-9-19/h6-7,12H,1-5,8-11H2,(H,20,21). The molecule has 1 aliphatic heterocycles. The van der Waals surface area contributed by atoms with Gasteiger partial charge in [0.05, 0.1) is 12.2 Å². The number of carboxylic acid groups (broad SMARTS) is 1. The highest BCUT2D eigenvalue weighted by molar-refractivity contribution is 9.10. The minimum Gasteiger partial charge on any atom is -0.494 e. The number of benzene rings is 1. The number of likely N-dealkylation sites (tertiary alicyclic amines) is 1. The SMILES string of the molecule is C=C(C(=O)O)c1cc(OCCCN2CCCCC2)ccc1Br. The van der Waals surface area contributed by atoms with Crippen LogP contribution in [0.4, 0.5) is 0 Å². The fourth-order valence-corrected chi connectivity index (χ4v) is 3.09. The van der Waals surface area contributed by atoms with E-state index in [2.05, 4.69) is 27.4 Å². The van der Waals surface area contributed by atoms with Crippen LogP contribution in [0.25, 0.3) is 5.57 Å². The zero-order valence-corrected chi connectivity index (χ0v) is 14.3. The summed E-state index contributed by atoms with van der Waals surface area (Å²) in [5.74, 6) is -0.345. The van der Waals surface area contributed by atoms with Crippen LogP contribution >= 0.6 is 15.9 Å². The van der Waals surface area contributed by atoms with Crippen molar-refractivity contribution in [2.24, 2.45) is 0 Å². The lowest BCUT2D eigenvalue weighted by Crippen LogP contribution is -2.31. The molecular weight excluding hydrogens is 346 g/mol. The van der Waals surface area contributed by atoms with Gasteiger partial charge in [0.2, 0.25) is 0 Å². The van der Waals surface area contributed by atoms with Gasteiger partial charge in [0, 0.05) is 16.6 Å². The van der Waals surface area contributed by atoms with Gasteiger partial charge in [0.25, 0.3) is 0 Å². The molecule has 120 valence electrons. The Morgan fingerprint density at radius 3 is 2.73 bits per heavy atom. The van der Waals surface area contributed by atoms with Gasteiger partial charge in [0.15, 0.2) is 0 Å². The Labute approximate surface area is 139 Å². The summed E-state index contributed by atoms with van der Waals surface area (Å²) in [6.07, 6.45) is 4.93. The highest BCUT2D eigenvalue weighted by atomic mass is 79.9. The zero-order valence-electron chi connectivity index (χ0n) is 12.7. The third kappa shape index (κ3) is 4.85. The Kier molecular flexibility index (Phi) is 6.46. The molecule has 1 fully saturated rings. The molecule has 0 aromatic heterocycles. The summed E-state index contributed by atoms with van der Waals surface area (Å²) in [5, 5.41) is 9.04. The van der Waals surface area contributed by atoms with Crippen molar-refractivity contribution in [1.82, 2.24) is 4.90 Å². The smallest absolute Gasteiger partial charge is 0.335 e. The van der Waals surface area contributed by atoms with Crippen LogP contribution in [0, 0.1) is 0 Å². The fourth-order valence-electron chi connectivity index (χ4n) is 2.60. The first-order chi connectivity index (χ1) is 10.6. The summed E-state index contributed by atoms with van der Waals surface area (Å²) in [7, 11) is 0. The van der Waals surface area contributed by atoms with E-state index in [0.29, 0.717) is 22.4 Å². The summed E-state index contributed by atoms with van der Waals surface area (Å²) in [4.78, 5) is 13.5. The van der Waals surface area contributed by atoms with Gasteiger partial charge in [-0.15, -0.1) is 0 Å². The molecule has 0 atom stereocenters. The molecule has 0 radical (unpaired) electrons. The summed E-state index contributed by atoms with van der Waals surface area (Å²) < 4.78 is 6.45. The average molecular weight is 368 g/mol. The van der Waals surface area contributed by atoms with E-state index in [0.717, 1.165) is 13.0 Å². The Hall–Kier alpha value is -1.33. The average Bonchev–Trinajstić information content (AvgIpc) is 2.53. The molecule has 0 amide bonds. The molecule has 1 aliphatic rings. The van der Waals surface area contributed by atoms with Crippen molar-refractivity contribution >= 4 is 27.5 Å². The molecule has 1 aromatic carbocycles. The highest BCUT2D eigenvalue weighted by Gasteiger charge is 2.12. The third-order valence-electron chi connectivity index (χ3n) is 3.86. The first kappa shape index (κ1) is 17.0. The fraction of sp³-hybridized carbons (Fsp3) is 0.471. The van der Waals surface area contributed by atoms with E-state index in [1.807, 2.05) is 6.07 Å². The van der Waals surface area contributed by atoms with Crippen molar-refractivity contribution in [2.75, 3.05) is 26.2 Å². The van der Waals surface area contributed by atoms with Gasteiger partial charge in [-0.3, -0.25) is 0 Å². The van der Waals surface area contributed by atoms with Crippen molar-refractivity contribution in [1.29, 1.82) is 0 Å². The number of piperidine rings is 1. The van der Waals surface area contributed by atoms with Crippen LogP contribution in [0.15, 0.2) is 29.3 Å². The highest BCUT2D eigenvalue weighted by Crippen LogP contribution is 2.28. The van der Waals surface area contributed by atoms with Gasteiger partial charge in [-0.1, -0.05) is 28.9 Å². The summed E-state index contributed by atoms with van der Waals surface area (Å²) in [5.41, 5.74) is 0.617. The molecule has 5 heteroatoms. The van der Waals surface area contributed by atoms with Crippen LogP contribution in [-0.2, 0) is 4.79 Å². The lowest BCUT2D eigenvalue weighted by Gasteiger charge is -2.26. The molecule has 0 unspecified atom stereocenters. The van der Waals surface area contributed by atoms with Gasteiger partial charge >= 0.3 is 5.97 Å². The van der Waals surface area contributed by atoms with Crippen molar-refractivity contribution in [3.8, 4) is 5.75 Å². The van der Waals surface area contributed by atoms with Crippen molar-refractivity contribution in [3.05, 3.63) is 34.8 Å². The third-order valence-corrected chi connectivity index (χ3v) is 4.55. The molecule has 22 heavy (non-hydrogen) atoms. The maximum atomic E-state index is 11.0. The van der Waals surface area contributed by atoms with Gasteiger partial charge in [-0.05, 0) is 50.6 Å². The van der Waals surface area contributed by atoms with Gasteiger partial charge in [-0.2, -0.15) is 0 Å². The molecule has 1 heterocycles. The Bertz CT molecular complexity index is 539. The summed E-state index contributed by atoms with van der Waals surface area (Å²) in [6.45, 7) is 7.68. The molecule has 1 aromatic rings. The second-order valence-corrected chi connectivity index (χ2v) is 6.38. The summed E-state index contributed by atoms with van der Waals surface area (Å²) >= 11 is 3.35. The van der Waals surface area contributed by atoms with Gasteiger partial charge < -0.3 is 14.7 Å². The largest absolute Gasteiger partial charge is 0.494 e. The topological polar surface area (TPSA) is 49.8 Å². The number of nitrogens with zero attached hydrogens (tertiary/aromatic N) is 1. The number of hydrogen-bond acceptors (Lipinski definition) is 3. The Balaban J connectivity index is 1.83.